The maximum Gasteiger partial charge on any atom is 0.0296 e. The maximum absolute atomic E-state index is 3.85. The van der Waals surface area contributed by atoms with Gasteiger partial charge < -0.3 is 0 Å². The van der Waals surface area contributed by atoms with Crippen molar-refractivity contribution in [1.29, 1.82) is 0 Å². The Balaban J connectivity index is 2.45. The molecule has 1 saturated heterocycles. The monoisotopic (exact) mass is 237 g/mol. The van der Waals surface area contributed by atoms with Crippen molar-refractivity contribution in [2.24, 2.45) is 16.9 Å². The van der Waals surface area contributed by atoms with Gasteiger partial charge in [0.15, 0.2) is 0 Å². The molecule has 0 amide bonds. The molecule has 0 spiro atoms. The predicted octanol–water partition coefficient (Wildman–Crippen LogP) is 2.81. The van der Waals surface area contributed by atoms with Crippen molar-refractivity contribution in [3.05, 3.63) is 11.8 Å². The minimum atomic E-state index is 0.805. The second-order valence-electron chi connectivity index (χ2n) is 5.57. The first-order valence-electron chi connectivity index (χ1n) is 6.62. The van der Waals surface area contributed by atoms with E-state index in [2.05, 4.69) is 43.7 Å². The van der Waals surface area contributed by atoms with Crippen molar-refractivity contribution in [3.63, 3.8) is 0 Å². The molecule has 0 bridgehead atoms. The molecule has 1 aliphatic rings. The molecule has 0 aromatic rings. The lowest BCUT2D eigenvalue weighted by Gasteiger charge is -2.35. The fourth-order valence-electron chi connectivity index (χ4n) is 2.53. The van der Waals surface area contributed by atoms with Gasteiger partial charge >= 0.3 is 0 Å². The van der Waals surface area contributed by atoms with Gasteiger partial charge in [-0.3, -0.25) is 9.91 Å². The number of hydrazone groups is 1. The normalized spacial score (nSPS) is 22.9. The zero-order chi connectivity index (χ0) is 12.8. The van der Waals surface area contributed by atoms with Crippen LogP contribution in [-0.2, 0) is 0 Å². The van der Waals surface area contributed by atoms with Crippen LogP contribution >= 0.6 is 0 Å². The third-order valence-electron chi connectivity index (χ3n) is 3.59. The molecule has 1 rings (SSSR count). The van der Waals surface area contributed by atoms with Crippen LogP contribution in [0.2, 0.25) is 0 Å². The lowest BCUT2D eigenvalue weighted by Crippen LogP contribution is -2.38. The van der Waals surface area contributed by atoms with E-state index in [0.717, 1.165) is 18.4 Å². The van der Waals surface area contributed by atoms with E-state index in [-0.39, 0.29) is 0 Å². The van der Waals surface area contributed by atoms with E-state index in [1.54, 1.807) is 5.01 Å². The molecule has 1 aliphatic heterocycles. The first kappa shape index (κ1) is 14.2. The molecule has 0 aromatic carbocycles. The quantitative estimate of drug-likeness (QED) is 0.541. The molecule has 17 heavy (non-hydrogen) atoms. The summed E-state index contributed by atoms with van der Waals surface area (Å²) in [5.41, 5.74) is 1.35. The van der Waals surface area contributed by atoms with Gasteiger partial charge in [0.1, 0.15) is 0 Å². The van der Waals surface area contributed by atoms with E-state index >= 15 is 0 Å². The van der Waals surface area contributed by atoms with Crippen molar-refractivity contribution in [2.45, 2.75) is 33.6 Å². The van der Waals surface area contributed by atoms with E-state index in [4.69, 9.17) is 0 Å². The molecule has 98 valence electrons. The highest BCUT2D eigenvalue weighted by atomic mass is 15.4. The van der Waals surface area contributed by atoms with Crippen LogP contribution in [0.1, 0.15) is 33.6 Å². The van der Waals surface area contributed by atoms with Crippen LogP contribution < -0.4 is 0 Å². The summed E-state index contributed by atoms with van der Waals surface area (Å²) < 4.78 is 0. The Hall–Kier alpha value is -0.830. The highest BCUT2D eigenvalue weighted by Crippen LogP contribution is 2.23. The highest BCUT2D eigenvalue weighted by Gasteiger charge is 2.22. The maximum atomic E-state index is 3.85. The number of hydrogen-bond acceptors (Lipinski definition) is 3. The van der Waals surface area contributed by atoms with Gasteiger partial charge in [-0.15, -0.1) is 0 Å². The van der Waals surface area contributed by atoms with Crippen LogP contribution in [0.25, 0.3) is 0 Å². The number of likely N-dealkylation sites (tertiary alicyclic amines) is 1. The van der Waals surface area contributed by atoms with Crippen LogP contribution in [0.3, 0.4) is 0 Å². The Morgan fingerprint density at radius 3 is 2.88 bits per heavy atom. The van der Waals surface area contributed by atoms with Gasteiger partial charge in [0, 0.05) is 33.1 Å². The van der Waals surface area contributed by atoms with Gasteiger partial charge in [-0.2, -0.15) is 5.10 Å². The molecule has 0 aliphatic carbocycles. The van der Waals surface area contributed by atoms with Crippen molar-refractivity contribution < 1.29 is 0 Å². The molecule has 0 aromatic heterocycles. The third-order valence-corrected chi connectivity index (χ3v) is 3.59. The van der Waals surface area contributed by atoms with Crippen molar-refractivity contribution in [1.82, 2.24) is 9.91 Å². The molecule has 0 radical (unpaired) electrons. The van der Waals surface area contributed by atoms with E-state index in [1.807, 2.05) is 7.05 Å². The Kier molecular flexibility index (Phi) is 5.69. The number of piperidine rings is 1. The Labute approximate surface area is 106 Å². The number of hydrogen-bond donors (Lipinski definition) is 0. The van der Waals surface area contributed by atoms with Gasteiger partial charge in [-0.25, -0.2) is 0 Å². The van der Waals surface area contributed by atoms with E-state index < -0.39 is 0 Å². The summed E-state index contributed by atoms with van der Waals surface area (Å²) in [6, 6.07) is 0. The fourth-order valence-corrected chi connectivity index (χ4v) is 2.53. The molecule has 1 atom stereocenters. The topological polar surface area (TPSA) is 18.8 Å². The minimum absolute atomic E-state index is 0.805. The summed E-state index contributed by atoms with van der Waals surface area (Å²) in [7, 11) is 1.92. The molecular formula is C14H27N3. The molecular weight excluding hydrogens is 210 g/mol. The van der Waals surface area contributed by atoms with E-state index in [1.165, 1.54) is 31.5 Å². The van der Waals surface area contributed by atoms with Crippen LogP contribution in [-0.4, -0.2) is 43.3 Å². The summed E-state index contributed by atoms with van der Waals surface area (Å²) in [6.07, 6.45) is 4.79. The van der Waals surface area contributed by atoms with Crippen LogP contribution in [0.4, 0.5) is 0 Å². The SMILES string of the molecule is C=NN(C)/C=C(\C)CN1CCCC(C(C)C)C1. The third kappa shape index (κ3) is 4.90. The zero-order valence-corrected chi connectivity index (χ0v) is 11.8. The van der Waals surface area contributed by atoms with Crippen molar-refractivity contribution in [3.8, 4) is 0 Å². The first-order chi connectivity index (χ1) is 8.02. The predicted molar refractivity (Wildman–Crippen MR) is 75.1 cm³/mol. The van der Waals surface area contributed by atoms with Crippen LogP contribution in [0.15, 0.2) is 16.9 Å². The Bertz CT molecular complexity index is 271. The standard InChI is InChI=1S/C14H27N3/c1-12(2)14-7-6-8-17(11-14)10-13(3)9-16(5)15-4/h9,12,14H,4,6-8,10-11H2,1-3,5H3/b13-9+. The largest absolute Gasteiger partial charge is 0.299 e. The van der Waals surface area contributed by atoms with Gasteiger partial charge in [0.25, 0.3) is 0 Å². The molecule has 0 N–H and O–H groups in total. The minimum Gasteiger partial charge on any atom is -0.299 e. The second-order valence-corrected chi connectivity index (χ2v) is 5.57. The first-order valence-corrected chi connectivity index (χ1v) is 6.62. The smallest absolute Gasteiger partial charge is 0.0296 e. The summed E-state index contributed by atoms with van der Waals surface area (Å²) in [6.45, 7) is 13.9. The molecule has 0 saturated carbocycles. The zero-order valence-electron chi connectivity index (χ0n) is 11.8. The van der Waals surface area contributed by atoms with Crippen LogP contribution in [0.5, 0.6) is 0 Å². The molecule has 1 heterocycles. The Morgan fingerprint density at radius 2 is 2.29 bits per heavy atom. The molecule has 3 nitrogen and oxygen atoms in total. The summed E-state index contributed by atoms with van der Waals surface area (Å²) in [4.78, 5) is 2.57. The lowest BCUT2D eigenvalue weighted by atomic mass is 9.88. The molecule has 1 fully saturated rings. The van der Waals surface area contributed by atoms with Gasteiger partial charge in [0.05, 0.1) is 0 Å². The average Bonchev–Trinajstić information content (AvgIpc) is 2.28. The number of rotatable bonds is 5. The van der Waals surface area contributed by atoms with E-state index in [0.29, 0.717) is 0 Å². The summed E-state index contributed by atoms with van der Waals surface area (Å²) in [5, 5.41) is 5.63. The van der Waals surface area contributed by atoms with Crippen LogP contribution in [0, 0.1) is 11.8 Å². The Morgan fingerprint density at radius 1 is 1.59 bits per heavy atom. The van der Waals surface area contributed by atoms with Gasteiger partial charge in [-0.05, 0) is 43.7 Å². The van der Waals surface area contributed by atoms with Crippen molar-refractivity contribution >= 4 is 6.72 Å². The lowest BCUT2D eigenvalue weighted by molar-refractivity contribution is 0.155. The summed E-state index contributed by atoms with van der Waals surface area (Å²) >= 11 is 0. The van der Waals surface area contributed by atoms with Gasteiger partial charge in [0.2, 0.25) is 0 Å². The highest BCUT2D eigenvalue weighted by molar-refractivity contribution is 5.22. The van der Waals surface area contributed by atoms with Crippen molar-refractivity contribution in [2.75, 3.05) is 26.7 Å². The summed E-state index contributed by atoms with van der Waals surface area (Å²) in [5.74, 6) is 1.67. The average molecular weight is 237 g/mol. The second kappa shape index (κ2) is 6.80. The molecule has 1 unspecified atom stereocenters. The molecule has 3 heteroatoms. The van der Waals surface area contributed by atoms with E-state index in [9.17, 15) is 0 Å². The van der Waals surface area contributed by atoms with Gasteiger partial charge in [-0.1, -0.05) is 13.8 Å². The number of nitrogens with zero attached hydrogens (tertiary/aromatic N) is 3. The fraction of sp³-hybridized carbons (Fsp3) is 0.786.